The van der Waals surface area contributed by atoms with Crippen molar-refractivity contribution in [2.75, 3.05) is 7.11 Å². The van der Waals surface area contributed by atoms with Gasteiger partial charge in [0.05, 0.1) is 18.2 Å². The van der Waals surface area contributed by atoms with Crippen LogP contribution in [-0.2, 0) is 6.42 Å². The molecule has 0 bridgehead atoms. The van der Waals surface area contributed by atoms with Crippen molar-refractivity contribution in [2.45, 2.75) is 66.2 Å². The van der Waals surface area contributed by atoms with Gasteiger partial charge < -0.3 is 14.9 Å². The standard InChI is InChI=1S/C26H34O5/c1-14(2)19-12-22(23(27)10-17(19)6)25(28)16(5)8-9-18-11-20(15(3)4)21(26(29)30)13-24(18)31-7/h10-16,27H,8-9H2,1-7H3,(H,29,30). The number of benzene rings is 2. The van der Waals surface area contributed by atoms with Crippen molar-refractivity contribution in [3.8, 4) is 11.5 Å². The Morgan fingerprint density at radius 2 is 1.55 bits per heavy atom. The number of ketones is 1. The third-order valence-electron chi connectivity index (χ3n) is 5.87. The van der Waals surface area contributed by atoms with Gasteiger partial charge in [-0.15, -0.1) is 0 Å². The third-order valence-corrected chi connectivity index (χ3v) is 5.87. The Bertz CT molecular complexity index is 972. The Morgan fingerprint density at radius 1 is 0.935 bits per heavy atom. The molecule has 0 spiro atoms. The summed E-state index contributed by atoms with van der Waals surface area (Å²) in [7, 11) is 1.52. The Hall–Kier alpha value is -2.82. The summed E-state index contributed by atoms with van der Waals surface area (Å²) in [5.74, 6) is -0.536. The Balaban J connectivity index is 2.29. The molecule has 1 atom stereocenters. The summed E-state index contributed by atoms with van der Waals surface area (Å²) in [6.07, 6.45) is 1.13. The highest BCUT2D eigenvalue weighted by molar-refractivity contribution is 6.00. The van der Waals surface area contributed by atoms with Gasteiger partial charge >= 0.3 is 5.97 Å². The number of ether oxygens (including phenoxy) is 1. The van der Waals surface area contributed by atoms with Gasteiger partial charge in [-0.3, -0.25) is 4.79 Å². The summed E-state index contributed by atoms with van der Waals surface area (Å²) in [5.41, 5.74) is 4.26. The zero-order valence-corrected chi connectivity index (χ0v) is 19.6. The van der Waals surface area contributed by atoms with Crippen LogP contribution in [0.4, 0.5) is 0 Å². The second-order valence-electron chi connectivity index (χ2n) is 8.90. The summed E-state index contributed by atoms with van der Waals surface area (Å²) in [6, 6.07) is 6.93. The molecule has 0 amide bonds. The molecule has 0 saturated carbocycles. The number of phenolic OH excluding ortho intramolecular Hbond substituents is 1. The molecule has 0 aliphatic carbocycles. The van der Waals surface area contributed by atoms with Crippen molar-refractivity contribution in [3.05, 3.63) is 57.6 Å². The molecule has 2 aromatic carbocycles. The lowest BCUT2D eigenvalue weighted by Gasteiger charge is -2.18. The van der Waals surface area contributed by atoms with E-state index in [-0.39, 0.29) is 34.8 Å². The van der Waals surface area contributed by atoms with Gasteiger partial charge in [-0.05, 0) is 72.1 Å². The van der Waals surface area contributed by atoms with E-state index in [1.165, 1.54) is 7.11 Å². The number of aromatic carboxylic acids is 1. The van der Waals surface area contributed by atoms with E-state index < -0.39 is 5.97 Å². The first-order chi connectivity index (χ1) is 14.5. The largest absolute Gasteiger partial charge is 0.507 e. The van der Waals surface area contributed by atoms with Gasteiger partial charge in [-0.25, -0.2) is 4.79 Å². The highest BCUT2D eigenvalue weighted by Gasteiger charge is 2.22. The number of aryl methyl sites for hydroxylation is 2. The summed E-state index contributed by atoms with van der Waals surface area (Å²) in [4.78, 5) is 24.7. The molecule has 0 aliphatic heterocycles. The van der Waals surface area contributed by atoms with Gasteiger partial charge in [0, 0.05) is 5.92 Å². The van der Waals surface area contributed by atoms with Gasteiger partial charge in [0.15, 0.2) is 5.78 Å². The fourth-order valence-corrected chi connectivity index (χ4v) is 3.99. The van der Waals surface area contributed by atoms with E-state index in [0.717, 1.165) is 22.3 Å². The predicted molar refractivity (Wildman–Crippen MR) is 123 cm³/mol. The van der Waals surface area contributed by atoms with E-state index in [2.05, 4.69) is 13.8 Å². The number of methoxy groups -OCH3 is 1. The van der Waals surface area contributed by atoms with Crippen LogP contribution in [-0.4, -0.2) is 29.1 Å². The van der Waals surface area contributed by atoms with Crippen molar-refractivity contribution >= 4 is 11.8 Å². The minimum Gasteiger partial charge on any atom is -0.507 e. The van der Waals surface area contributed by atoms with Crippen LogP contribution in [0.2, 0.25) is 0 Å². The first kappa shape index (κ1) is 24.4. The number of carbonyl (C=O) groups excluding carboxylic acids is 1. The molecule has 2 rings (SSSR count). The number of carboxylic acids is 1. The zero-order valence-electron chi connectivity index (χ0n) is 19.6. The molecular weight excluding hydrogens is 392 g/mol. The van der Waals surface area contributed by atoms with Gasteiger partial charge in [-0.2, -0.15) is 0 Å². The van der Waals surface area contributed by atoms with Gasteiger partial charge in [0.1, 0.15) is 11.5 Å². The van der Waals surface area contributed by atoms with Crippen LogP contribution >= 0.6 is 0 Å². The molecule has 0 aromatic heterocycles. The molecule has 0 aliphatic rings. The second-order valence-corrected chi connectivity index (χ2v) is 8.90. The third kappa shape index (κ3) is 5.46. The summed E-state index contributed by atoms with van der Waals surface area (Å²) < 4.78 is 5.43. The number of carboxylic acid groups (broad SMARTS) is 1. The van der Waals surface area contributed by atoms with Crippen LogP contribution in [0.1, 0.15) is 95.8 Å². The SMILES string of the molecule is COc1cc(C(=O)O)c(C(C)C)cc1CCC(C)C(=O)c1cc(C(C)C)c(C)cc1O. The smallest absolute Gasteiger partial charge is 0.336 e. The van der Waals surface area contributed by atoms with Crippen LogP contribution in [0.25, 0.3) is 0 Å². The van der Waals surface area contributed by atoms with Crippen molar-refractivity contribution in [1.82, 2.24) is 0 Å². The highest BCUT2D eigenvalue weighted by Crippen LogP contribution is 2.32. The average molecular weight is 427 g/mol. The molecule has 5 nitrogen and oxygen atoms in total. The number of hydrogen-bond donors (Lipinski definition) is 2. The van der Waals surface area contributed by atoms with Crippen molar-refractivity contribution < 1.29 is 24.5 Å². The highest BCUT2D eigenvalue weighted by atomic mass is 16.5. The minimum absolute atomic E-state index is 0.0178. The Labute approximate surface area is 185 Å². The second kappa shape index (κ2) is 9.99. The quantitative estimate of drug-likeness (QED) is 0.473. The van der Waals surface area contributed by atoms with Gasteiger partial charge in [0.2, 0.25) is 0 Å². The van der Waals surface area contributed by atoms with Crippen LogP contribution in [0.3, 0.4) is 0 Å². The van der Waals surface area contributed by atoms with E-state index in [1.54, 1.807) is 12.1 Å². The van der Waals surface area contributed by atoms with Crippen LogP contribution in [0, 0.1) is 12.8 Å². The molecule has 1 unspecified atom stereocenters. The van der Waals surface area contributed by atoms with Crippen molar-refractivity contribution in [1.29, 1.82) is 0 Å². The molecule has 2 N–H and O–H groups in total. The number of phenols is 1. The predicted octanol–water partition coefficient (Wildman–Crippen LogP) is 6.11. The first-order valence-electron chi connectivity index (χ1n) is 10.8. The summed E-state index contributed by atoms with van der Waals surface area (Å²) in [5, 5.41) is 19.9. The van der Waals surface area contributed by atoms with Crippen LogP contribution in [0.15, 0.2) is 24.3 Å². The average Bonchev–Trinajstić information content (AvgIpc) is 2.70. The topological polar surface area (TPSA) is 83.8 Å². The van der Waals surface area contributed by atoms with E-state index >= 15 is 0 Å². The number of rotatable bonds is 9. The monoisotopic (exact) mass is 426 g/mol. The maximum absolute atomic E-state index is 13.1. The fraction of sp³-hybridized carbons (Fsp3) is 0.462. The maximum atomic E-state index is 13.1. The molecule has 31 heavy (non-hydrogen) atoms. The van der Waals surface area contributed by atoms with E-state index in [4.69, 9.17) is 4.74 Å². The molecule has 168 valence electrons. The Morgan fingerprint density at radius 3 is 2.06 bits per heavy atom. The lowest BCUT2D eigenvalue weighted by Crippen LogP contribution is -2.14. The number of aromatic hydroxyl groups is 1. The van der Waals surface area contributed by atoms with E-state index in [9.17, 15) is 19.8 Å². The lowest BCUT2D eigenvalue weighted by molar-refractivity contribution is 0.0694. The molecule has 0 radical (unpaired) electrons. The van der Waals surface area contributed by atoms with E-state index in [0.29, 0.717) is 24.2 Å². The Kier molecular flexibility index (Phi) is 7.88. The normalized spacial score (nSPS) is 12.3. The maximum Gasteiger partial charge on any atom is 0.336 e. The number of Topliss-reactive ketones (excluding diaryl/α,β-unsaturated/α-hetero) is 1. The summed E-state index contributed by atoms with van der Waals surface area (Å²) in [6.45, 7) is 11.8. The molecule has 0 heterocycles. The molecule has 0 fully saturated rings. The van der Waals surface area contributed by atoms with Crippen molar-refractivity contribution in [2.24, 2.45) is 5.92 Å². The number of hydrogen-bond acceptors (Lipinski definition) is 4. The van der Waals surface area contributed by atoms with Crippen molar-refractivity contribution in [3.63, 3.8) is 0 Å². The van der Waals surface area contributed by atoms with Crippen LogP contribution < -0.4 is 4.74 Å². The number of carbonyl (C=O) groups is 2. The molecule has 2 aromatic rings. The molecule has 5 heteroatoms. The zero-order chi connectivity index (χ0) is 23.5. The van der Waals surface area contributed by atoms with Gasteiger partial charge in [-0.1, -0.05) is 40.7 Å². The van der Waals surface area contributed by atoms with E-state index in [1.807, 2.05) is 39.8 Å². The first-order valence-corrected chi connectivity index (χ1v) is 10.8. The molecular formula is C26H34O5. The minimum atomic E-state index is -0.979. The summed E-state index contributed by atoms with van der Waals surface area (Å²) >= 11 is 0. The fourth-order valence-electron chi connectivity index (χ4n) is 3.99. The van der Waals surface area contributed by atoms with Crippen LogP contribution in [0.5, 0.6) is 11.5 Å². The van der Waals surface area contributed by atoms with Gasteiger partial charge in [0.25, 0.3) is 0 Å². The molecule has 0 saturated heterocycles. The lowest BCUT2D eigenvalue weighted by atomic mass is 9.87.